The molecule has 156 valence electrons. The van der Waals surface area contributed by atoms with Crippen LogP contribution >= 0.6 is 11.6 Å². The van der Waals surface area contributed by atoms with Crippen molar-refractivity contribution in [2.75, 3.05) is 18.1 Å². The lowest BCUT2D eigenvalue weighted by molar-refractivity contribution is -0.122. The van der Waals surface area contributed by atoms with E-state index in [0.29, 0.717) is 36.0 Å². The molecule has 1 heterocycles. The first-order valence-electron chi connectivity index (χ1n) is 9.43. The summed E-state index contributed by atoms with van der Waals surface area (Å²) in [5, 5.41) is 2.49. The summed E-state index contributed by atoms with van der Waals surface area (Å²) in [5.41, 5.74) is 1.51. The summed E-state index contributed by atoms with van der Waals surface area (Å²) in [5.74, 6) is -0.720. The minimum Gasteiger partial charge on any atom is -0.490 e. The van der Waals surface area contributed by atoms with Gasteiger partial charge in [0.2, 0.25) is 0 Å². The lowest BCUT2D eigenvalue weighted by Gasteiger charge is -2.26. The van der Waals surface area contributed by atoms with Crippen molar-refractivity contribution in [2.45, 2.75) is 20.8 Å². The Morgan fingerprint density at radius 3 is 2.47 bits per heavy atom. The molecule has 2 aromatic rings. The maximum Gasteiger partial charge on any atom is 0.335 e. The largest absolute Gasteiger partial charge is 0.490 e. The molecule has 1 fully saturated rings. The third-order valence-electron chi connectivity index (χ3n) is 4.29. The number of aryl methyl sites for hydroxylation is 1. The van der Waals surface area contributed by atoms with E-state index < -0.39 is 17.8 Å². The maximum absolute atomic E-state index is 13.0. The van der Waals surface area contributed by atoms with Crippen molar-refractivity contribution in [1.29, 1.82) is 0 Å². The highest BCUT2D eigenvalue weighted by molar-refractivity contribution is 6.39. The predicted octanol–water partition coefficient (Wildman–Crippen LogP) is 4.11. The van der Waals surface area contributed by atoms with Gasteiger partial charge in [-0.05, 0) is 62.2 Å². The van der Waals surface area contributed by atoms with Gasteiger partial charge in [-0.1, -0.05) is 23.7 Å². The second kappa shape index (κ2) is 9.00. The minimum absolute atomic E-state index is 0.196. The fraction of sp³-hybridized carbons (Fsp3) is 0.227. The SMILES string of the molecule is CCOc1cc(/C=C2\C(=O)NC(=O)N(c3cccc(C)c3)C2=O)cc(Cl)c1OCC. The van der Waals surface area contributed by atoms with Gasteiger partial charge in [-0.2, -0.15) is 0 Å². The van der Waals surface area contributed by atoms with E-state index in [-0.39, 0.29) is 10.6 Å². The molecule has 0 spiro atoms. The van der Waals surface area contributed by atoms with Crippen molar-refractivity contribution in [1.82, 2.24) is 5.32 Å². The van der Waals surface area contributed by atoms with Gasteiger partial charge in [0.25, 0.3) is 11.8 Å². The number of ether oxygens (including phenoxy) is 2. The van der Waals surface area contributed by atoms with Gasteiger partial charge in [-0.3, -0.25) is 14.9 Å². The van der Waals surface area contributed by atoms with Gasteiger partial charge in [-0.15, -0.1) is 0 Å². The van der Waals surface area contributed by atoms with Crippen molar-refractivity contribution in [3.63, 3.8) is 0 Å². The topological polar surface area (TPSA) is 84.9 Å². The lowest BCUT2D eigenvalue weighted by atomic mass is 10.1. The second-order valence-electron chi connectivity index (χ2n) is 6.49. The molecule has 1 N–H and O–H groups in total. The van der Waals surface area contributed by atoms with Crippen molar-refractivity contribution in [3.05, 3.63) is 58.1 Å². The Labute approximate surface area is 179 Å². The first-order chi connectivity index (χ1) is 14.3. The molecule has 2 aromatic carbocycles. The van der Waals surface area contributed by atoms with E-state index in [4.69, 9.17) is 21.1 Å². The molecule has 1 saturated heterocycles. The predicted molar refractivity (Wildman–Crippen MR) is 114 cm³/mol. The van der Waals surface area contributed by atoms with E-state index in [0.717, 1.165) is 10.5 Å². The number of benzene rings is 2. The molecule has 30 heavy (non-hydrogen) atoms. The third-order valence-corrected chi connectivity index (χ3v) is 4.57. The Bertz CT molecular complexity index is 1050. The number of amides is 4. The molecule has 7 nitrogen and oxygen atoms in total. The Morgan fingerprint density at radius 2 is 1.80 bits per heavy atom. The number of imide groups is 2. The van der Waals surface area contributed by atoms with Gasteiger partial charge in [0, 0.05) is 0 Å². The van der Waals surface area contributed by atoms with Crippen LogP contribution < -0.4 is 19.7 Å². The Morgan fingerprint density at radius 1 is 1.07 bits per heavy atom. The molecule has 0 radical (unpaired) electrons. The number of carbonyl (C=O) groups is 3. The number of rotatable bonds is 6. The summed E-state index contributed by atoms with van der Waals surface area (Å²) in [4.78, 5) is 38.7. The molecule has 0 saturated carbocycles. The molecular weight excluding hydrogens is 408 g/mol. The van der Waals surface area contributed by atoms with Crippen LogP contribution in [-0.4, -0.2) is 31.1 Å². The first-order valence-corrected chi connectivity index (χ1v) is 9.80. The van der Waals surface area contributed by atoms with Crippen LogP contribution in [0.1, 0.15) is 25.0 Å². The van der Waals surface area contributed by atoms with Crippen LogP contribution in [0.15, 0.2) is 42.0 Å². The molecule has 0 bridgehead atoms. The average Bonchev–Trinajstić information content (AvgIpc) is 2.68. The summed E-state index contributed by atoms with van der Waals surface area (Å²) in [6, 6.07) is 9.27. The number of nitrogens with one attached hydrogen (secondary N) is 1. The minimum atomic E-state index is -0.799. The number of nitrogens with zero attached hydrogens (tertiary/aromatic N) is 1. The number of hydrogen-bond acceptors (Lipinski definition) is 5. The maximum atomic E-state index is 13.0. The summed E-state index contributed by atoms with van der Waals surface area (Å²) in [6.07, 6.45) is 1.37. The number of urea groups is 1. The molecule has 0 unspecified atom stereocenters. The van der Waals surface area contributed by atoms with E-state index in [9.17, 15) is 14.4 Å². The van der Waals surface area contributed by atoms with E-state index in [1.807, 2.05) is 26.8 Å². The number of carbonyl (C=O) groups excluding carboxylic acids is 3. The highest BCUT2D eigenvalue weighted by Gasteiger charge is 2.36. The smallest absolute Gasteiger partial charge is 0.335 e. The van der Waals surface area contributed by atoms with E-state index in [1.54, 1.807) is 30.3 Å². The number of hydrogen-bond donors (Lipinski definition) is 1. The molecule has 1 aliphatic heterocycles. The van der Waals surface area contributed by atoms with Gasteiger partial charge in [-0.25, -0.2) is 9.69 Å². The average molecular weight is 429 g/mol. The first kappa shape index (κ1) is 21.4. The third kappa shape index (κ3) is 4.31. The molecule has 4 amide bonds. The monoisotopic (exact) mass is 428 g/mol. The molecular formula is C22H21ClN2O5. The van der Waals surface area contributed by atoms with Crippen molar-refractivity contribution >= 4 is 41.2 Å². The zero-order valence-corrected chi connectivity index (χ0v) is 17.6. The molecule has 0 atom stereocenters. The van der Waals surface area contributed by atoms with Gasteiger partial charge < -0.3 is 9.47 Å². The van der Waals surface area contributed by atoms with Crippen molar-refractivity contribution in [3.8, 4) is 11.5 Å². The van der Waals surface area contributed by atoms with Gasteiger partial charge in [0.1, 0.15) is 5.57 Å². The van der Waals surface area contributed by atoms with Crippen LogP contribution in [0.2, 0.25) is 5.02 Å². The molecule has 1 aliphatic rings. The number of barbiturate groups is 1. The molecule has 3 rings (SSSR count). The van der Waals surface area contributed by atoms with Crippen LogP contribution in [0.3, 0.4) is 0 Å². The van der Waals surface area contributed by atoms with E-state index >= 15 is 0 Å². The zero-order valence-electron chi connectivity index (χ0n) is 16.8. The Hall–Kier alpha value is -3.32. The zero-order chi connectivity index (χ0) is 21.8. The Kier molecular flexibility index (Phi) is 6.42. The van der Waals surface area contributed by atoms with Gasteiger partial charge in [0.05, 0.1) is 23.9 Å². The fourth-order valence-corrected chi connectivity index (χ4v) is 3.32. The molecule has 0 aromatic heterocycles. The standard InChI is InChI=1S/C22H21ClN2O5/c1-4-29-18-12-14(11-17(23)19(18)30-5-2)10-16-20(26)24-22(28)25(21(16)27)15-8-6-7-13(3)9-15/h6-12H,4-5H2,1-3H3,(H,24,26,28)/b16-10+. The highest BCUT2D eigenvalue weighted by atomic mass is 35.5. The van der Waals surface area contributed by atoms with Gasteiger partial charge in [0.15, 0.2) is 11.5 Å². The van der Waals surface area contributed by atoms with Gasteiger partial charge >= 0.3 is 6.03 Å². The number of anilines is 1. The summed E-state index contributed by atoms with van der Waals surface area (Å²) in [7, 11) is 0. The van der Waals surface area contributed by atoms with E-state index in [1.165, 1.54) is 6.08 Å². The van der Waals surface area contributed by atoms with Crippen LogP contribution in [-0.2, 0) is 9.59 Å². The quantitative estimate of drug-likeness (QED) is 0.552. The van der Waals surface area contributed by atoms with Crippen molar-refractivity contribution in [2.24, 2.45) is 0 Å². The number of halogens is 1. The van der Waals surface area contributed by atoms with Crippen LogP contribution in [0, 0.1) is 6.92 Å². The lowest BCUT2D eigenvalue weighted by Crippen LogP contribution is -2.54. The molecule has 0 aliphatic carbocycles. The summed E-state index contributed by atoms with van der Waals surface area (Å²) in [6.45, 7) is 6.26. The van der Waals surface area contributed by atoms with Crippen LogP contribution in [0.25, 0.3) is 6.08 Å². The fourth-order valence-electron chi connectivity index (χ4n) is 3.04. The van der Waals surface area contributed by atoms with E-state index in [2.05, 4.69) is 5.32 Å². The second-order valence-corrected chi connectivity index (χ2v) is 6.90. The summed E-state index contributed by atoms with van der Waals surface area (Å²) >= 11 is 6.32. The highest BCUT2D eigenvalue weighted by Crippen LogP contribution is 2.37. The Balaban J connectivity index is 2.04. The normalized spacial score (nSPS) is 15.4. The molecule has 8 heteroatoms. The van der Waals surface area contributed by atoms with Crippen molar-refractivity contribution < 1.29 is 23.9 Å². The van der Waals surface area contributed by atoms with Crippen LogP contribution in [0.5, 0.6) is 11.5 Å². The summed E-state index contributed by atoms with van der Waals surface area (Å²) < 4.78 is 11.1. The van der Waals surface area contributed by atoms with Crippen LogP contribution in [0.4, 0.5) is 10.5 Å².